The summed E-state index contributed by atoms with van der Waals surface area (Å²) in [5.74, 6) is 0. The zero-order chi connectivity index (χ0) is 10.3. The predicted octanol–water partition coefficient (Wildman–Crippen LogP) is -0.533. The van der Waals surface area contributed by atoms with Gasteiger partial charge in [0.15, 0.2) is 0 Å². The fourth-order valence-electron chi connectivity index (χ4n) is 1.05. The molecule has 0 atom stereocenters. The van der Waals surface area contributed by atoms with E-state index < -0.39 is 7.12 Å². The molecule has 72 valence electrons. The average molecular weight is 183 g/mol. The molecule has 1 saturated heterocycles. The van der Waals surface area contributed by atoms with Crippen molar-refractivity contribution < 1.29 is 14.7 Å². The number of rotatable bonds is 2. The molecular weight excluding hydrogens is 167 g/mol. The molecule has 1 rings (SSSR count). The average Bonchev–Trinajstić information content (AvgIpc) is 2.20. The predicted molar refractivity (Wildman–Crippen MR) is 51.8 cm³/mol. The van der Waals surface area contributed by atoms with Gasteiger partial charge in [0, 0.05) is 0 Å². The van der Waals surface area contributed by atoms with Crippen molar-refractivity contribution in [2.75, 3.05) is 0 Å². The van der Waals surface area contributed by atoms with Crippen LogP contribution in [0.25, 0.3) is 0 Å². The van der Waals surface area contributed by atoms with E-state index in [1.165, 1.54) is 0 Å². The van der Waals surface area contributed by atoms with E-state index in [2.05, 4.69) is 0 Å². The Balaban J connectivity index is 2.82. The highest BCUT2D eigenvalue weighted by atomic mass is 16.7. The van der Waals surface area contributed by atoms with Gasteiger partial charge in [-0.2, -0.15) is 0 Å². The van der Waals surface area contributed by atoms with Crippen molar-refractivity contribution in [2.24, 2.45) is 0 Å². The van der Waals surface area contributed by atoms with Crippen LogP contribution in [-0.4, -0.2) is 30.1 Å². The summed E-state index contributed by atoms with van der Waals surface area (Å²) in [6.45, 7) is 7.79. The van der Waals surface area contributed by atoms with Gasteiger partial charge in [0.2, 0.25) is 5.61 Å². The van der Waals surface area contributed by atoms with Gasteiger partial charge in [-0.1, -0.05) is 0 Å². The Hall–Kier alpha value is -0.675. The Morgan fingerprint density at radius 2 is 1.62 bits per heavy atom. The number of nitrogens with two attached hydrogens (primary N) is 1. The molecular formula is C8H16BN2O2+. The van der Waals surface area contributed by atoms with Crippen LogP contribution in [-0.2, 0) is 9.31 Å². The van der Waals surface area contributed by atoms with Crippen molar-refractivity contribution in [2.45, 2.75) is 38.9 Å². The molecule has 4 nitrogen and oxygen atoms in total. The van der Waals surface area contributed by atoms with Crippen LogP contribution in [0.3, 0.4) is 0 Å². The van der Waals surface area contributed by atoms with Crippen molar-refractivity contribution in [3.63, 3.8) is 0 Å². The highest BCUT2D eigenvalue weighted by Crippen LogP contribution is 2.36. The number of nitrogens with one attached hydrogen (secondary N) is 1. The van der Waals surface area contributed by atoms with Crippen molar-refractivity contribution in [3.05, 3.63) is 0 Å². The topological polar surface area (TPSA) is 67.9 Å². The lowest BCUT2D eigenvalue weighted by atomic mass is 9.83. The van der Waals surface area contributed by atoms with Gasteiger partial charge in [-0.25, -0.2) is 0 Å². The Morgan fingerprint density at radius 3 is 1.92 bits per heavy atom. The van der Waals surface area contributed by atoms with Crippen LogP contribution in [0.5, 0.6) is 0 Å². The molecule has 0 saturated carbocycles. The molecule has 0 aromatic carbocycles. The third-order valence-corrected chi connectivity index (χ3v) is 2.69. The molecule has 0 spiro atoms. The molecule has 1 aliphatic heterocycles. The van der Waals surface area contributed by atoms with E-state index >= 15 is 0 Å². The number of hydrogen-bond acceptors (Lipinski definition) is 3. The maximum absolute atomic E-state index is 6.99. The van der Waals surface area contributed by atoms with E-state index in [0.29, 0.717) is 5.61 Å². The van der Waals surface area contributed by atoms with Crippen LogP contribution >= 0.6 is 0 Å². The summed E-state index contributed by atoms with van der Waals surface area (Å²) in [6.07, 6.45) is 1.06. The SMILES string of the molecule is CC1(C)OB(C(=[NH2+])C=N)OC1(C)C. The van der Waals surface area contributed by atoms with E-state index in [1.54, 1.807) is 0 Å². The van der Waals surface area contributed by atoms with E-state index in [-0.39, 0.29) is 11.2 Å². The molecule has 1 heterocycles. The van der Waals surface area contributed by atoms with Gasteiger partial charge < -0.3 is 14.7 Å². The van der Waals surface area contributed by atoms with E-state index in [1.807, 2.05) is 27.7 Å². The molecule has 0 aromatic rings. The van der Waals surface area contributed by atoms with E-state index in [9.17, 15) is 0 Å². The van der Waals surface area contributed by atoms with Gasteiger partial charge in [0.1, 0.15) is 0 Å². The number of hydrogen-bond donors (Lipinski definition) is 2. The molecule has 1 fully saturated rings. The van der Waals surface area contributed by atoms with Crippen LogP contribution in [0.4, 0.5) is 0 Å². The lowest BCUT2D eigenvalue weighted by Gasteiger charge is -2.32. The summed E-state index contributed by atoms with van der Waals surface area (Å²) in [7, 11) is -0.581. The summed E-state index contributed by atoms with van der Waals surface area (Å²) in [6, 6.07) is 0. The molecule has 3 N–H and O–H groups in total. The first-order chi connectivity index (χ1) is 5.80. The van der Waals surface area contributed by atoms with Crippen molar-refractivity contribution in [1.82, 2.24) is 0 Å². The molecule has 0 unspecified atom stereocenters. The second-order valence-electron chi connectivity index (χ2n) is 4.23. The molecule has 0 bridgehead atoms. The minimum absolute atomic E-state index is 0.304. The third kappa shape index (κ3) is 1.66. The van der Waals surface area contributed by atoms with Crippen LogP contribution in [0.2, 0.25) is 0 Å². The van der Waals surface area contributed by atoms with Gasteiger partial charge in [-0.15, -0.1) is 0 Å². The monoisotopic (exact) mass is 183 g/mol. The zero-order valence-electron chi connectivity index (χ0n) is 8.55. The van der Waals surface area contributed by atoms with Crippen LogP contribution in [0.15, 0.2) is 0 Å². The maximum atomic E-state index is 6.99. The molecule has 13 heavy (non-hydrogen) atoms. The van der Waals surface area contributed by atoms with Crippen LogP contribution < -0.4 is 5.41 Å². The summed E-state index contributed by atoms with van der Waals surface area (Å²) in [5.41, 5.74) is -0.463. The second-order valence-corrected chi connectivity index (χ2v) is 4.23. The second kappa shape index (κ2) is 2.92. The van der Waals surface area contributed by atoms with Crippen molar-refractivity contribution >= 4 is 18.9 Å². The first kappa shape index (κ1) is 10.4. The van der Waals surface area contributed by atoms with E-state index in [4.69, 9.17) is 20.1 Å². The smallest absolute Gasteiger partial charge is 0.395 e. The summed E-state index contributed by atoms with van der Waals surface area (Å²) in [5, 5.41) is 12.5. The first-order valence-electron chi connectivity index (χ1n) is 4.28. The molecule has 0 radical (unpaired) electrons. The zero-order valence-corrected chi connectivity index (χ0v) is 8.55. The van der Waals surface area contributed by atoms with E-state index in [0.717, 1.165) is 6.21 Å². The highest BCUT2D eigenvalue weighted by molar-refractivity contribution is 6.91. The van der Waals surface area contributed by atoms with Crippen LogP contribution in [0.1, 0.15) is 27.7 Å². The summed E-state index contributed by atoms with van der Waals surface area (Å²) >= 11 is 0. The van der Waals surface area contributed by atoms with Crippen molar-refractivity contribution in [3.8, 4) is 0 Å². The van der Waals surface area contributed by atoms with Gasteiger partial charge in [0.25, 0.3) is 0 Å². The standard InChI is InChI=1S/C8H15BN2O2/c1-7(2)8(3,4)13-9(12-7)6(11)5-10/h5,10-11H,1-4H3/p+1. The summed E-state index contributed by atoms with van der Waals surface area (Å²) in [4.78, 5) is 0. The maximum Gasteiger partial charge on any atom is 0.568 e. The molecule has 5 heteroatoms. The minimum Gasteiger partial charge on any atom is -0.395 e. The Bertz CT molecular complexity index is 235. The van der Waals surface area contributed by atoms with Gasteiger partial charge in [0.05, 0.1) is 17.4 Å². The molecule has 0 aliphatic carbocycles. The minimum atomic E-state index is -0.581. The highest BCUT2D eigenvalue weighted by Gasteiger charge is 2.54. The fourth-order valence-corrected chi connectivity index (χ4v) is 1.05. The van der Waals surface area contributed by atoms with Crippen LogP contribution in [0, 0.1) is 5.41 Å². The third-order valence-electron chi connectivity index (χ3n) is 2.69. The fraction of sp³-hybridized carbons (Fsp3) is 0.750. The van der Waals surface area contributed by atoms with Crippen molar-refractivity contribution in [1.29, 1.82) is 5.41 Å². The lowest BCUT2D eigenvalue weighted by Crippen LogP contribution is -2.51. The summed E-state index contributed by atoms with van der Waals surface area (Å²) < 4.78 is 11.2. The van der Waals surface area contributed by atoms with Gasteiger partial charge in [-0.05, 0) is 27.7 Å². The first-order valence-corrected chi connectivity index (χ1v) is 4.28. The Kier molecular flexibility index (Phi) is 2.34. The molecule has 0 amide bonds. The molecule has 1 aliphatic rings. The van der Waals surface area contributed by atoms with Gasteiger partial charge in [-0.3, -0.25) is 5.41 Å². The largest absolute Gasteiger partial charge is 0.568 e. The Labute approximate surface area is 78.8 Å². The quantitative estimate of drug-likeness (QED) is 0.446. The molecule has 0 aromatic heterocycles. The van der Waals surface area contributed by atoms with Gasteiger partial charge >= 0.3 is 7.12 Å². The Morgan fingerprint density at radius 1 is 1.23 bits per heavy atom. The normalized spacial score (nSPS) is 24.5. The lowest BCUT2D eigenvalue weighted by molar-refractivity contribution is -0.108.